The molecule has 0 saturated heterocycles. The normalized spacial score (nSPS) is 10.9. The van der Waals surface area contributed by atoms with Crippen molar-refractivity contribution in [1.29, 1.82) is 0 Å². The second-order valence-electron chi connectivity index (χ2n) is 4.83. The summed E-state index contributed by atoms with van der Waals surface area (Å²) in [6.45, 7) is 3.73. The molecule has 2 heterocycles. The van der Waals surface area contributed by atoms with Crippen molar-refractivity contribution in [3.63, 3.8) is 0 Å². The van der Waals surface area contributed by atoms with Crippen LogP contribution >= 0.6 is 0 Å². The van der Waals surface area contributed by atoms with Crippen LogP contribution in [0.3, 0.4) is 0 Å². The van der Waals surface area contributed by atoms with E-state index in [0.717, 1.165) is 16.5 Å². The Morgan fingerprint density at radius 1 is 1.30 bits per heavy atom. The van der Waals surface area contributed by atoms with E-state index in [1.165, 1.54) is 0 Å². The highest BCUT2D eigenvalue weighted by molar-refractivity contribution is 6.07. The zero-order chi connectivity index (χ0) is 14.3. The van der Waals surface area contributed by atoms with E-state index >= 15 is 0 Å². The second kappa shape index (κ2) is 4.52. The highest BCUT2D eigenvalue weighted by atomic mass is 16.5. The number of rotatable bonds is 2. The fraction of sp³-hybridized carbons (Fsp3) is 0.200. The van der Waals surface area contributed by atoms with Crippen LogP contribution in [0.25, 0.3) is 10.9 Å². The van der Waals surface area contributed by atoms with Crippen molar-refractivity contribution in [3.05, 3.63) is 47.3 Å². The van der Waals surface area contributed by atoms with Crippen molar-refractivity contribution in [2.24, 2.45) is 7.05 Å². The van der Waals surface area contributed by atoms with Gasteiger partial charge in [-0.15, -0.1) is 0 Å². The molecule has 1 aromatic carbocycles. The highest BCUT2D eigenvalue weighted by Crippen LogP contribution is 2.25. The Kier molecular flexibility index (Phi) is 2.82. The van der Waals surface area contributed by atoms with E-state index in [1.807, 2.05) is 42.8 Å². The lowest BCUT2D eigenvalue weighted by Gasteiger charge is -2.04. The summed E-state index contributed by atoms with van der Waals surface area (Å²) >= 11 is 0. The van der Waals surface area contributed by atoms with Crippen LogP contribution in [0.2, 0.25) is 0 Å². The largest absolute Gasteiger partial charge is 0.360 e. The van der Waals surface area contributed by atoms with Crippen molar-refractivity contribution >= 4 is 22.6 Å². The molecule has 102 valence electrons. The molecule has 0 bridgehead atoms. The Morgan fingerprint density at radius 2 is 2.05 bits per heavy atom. The van der Waals surface area contributed by atoms with E-state index < -0.39 is 0 Å². The number of amides is 1. The molecule has 3 rings (SSSR count). The molecular formula is C15H15N3O2. The smallest absolute Gasteiger partial charge is 0.273 e. The van der Waals surface area contributed by atoms with E-state index in [1.54, 1.807) is 13.0 Å². The van der Waals surface area contributed by atoms with Gasteiger partial charge in [-0.25, -0.2) is 0 Å². The molecule has 5 heteroatoms. The molecule has 0 atom stereocenters. The predicted octanol–water partition coefficient (Wildman–Crippen LogP) is 3.04. The Balaban J connectivity index is 2.03. The van der Waals surface area contributed by atoms with Crippen LogP contribution in [0.5, 0.6) is 0 Å². The van der Waals surface area contributed by atoms with E-state index in [9.17, 15) is 4.79 Å². The number of anilines is 1. The van der Waals surface area contributed by atoms with Gasteiger partial charge in [-0.1, -0.05) is 23.4 Å². The number of benzene rings is 1. The van der Waals surface area contributed by atoms with Gasteiger partial charge in [0.25, 0.3) is 5.91 Å². The van der Waals surface area contributed by atoms with Gasteiger partial charge in [0.15, 0.2) is 5.82 Å². The van der Waals surface area contributed by atoms with Crippen LogP contribution in [0, 0.1) is 13.8 Å². The zero-order valence-electron chi connectivity index (χ0n) is 11.6. The van der Waals surface area contributed by atoms with E-state index in [-0.39, 0.29) is 5.91 Å². The van der Waals surface area contributed by atoms with Gasteiger partial charge in [0.1, 0.15) is 11.5 Å². The minimum absolute atomic E-state index is 0.186. The molecule has 1 N–H and O–H groups in total. The number of para-hydroxylation sites is 1. The van der Waals surface area contributed by atoms with E-state index in [0.29, 0.717) is 17.3 Å². The summed E-state index contributed by atoms with van der Waals surface area (Å²) < 4.78 is 6.84. The van der Waals surface area contributed by atoms with E-state index in [4.69, 9.17) is 4.52 Å². The quantitative estimate of drug-likeness (QED) is 0.777. The molecule has 0 spiro atoms. The Hall–Kier alpha value is -2.56. The van der Waals surface area contributed by atoms with Crippen molar-refractivity contribution in [3.8, 4) is 0 Å². The van der Waals surface area contributed by atoms with Gasteiger partial charge in [0.2, 0.25) is 0 Å². The molecule has 0 saturated carbocycles. The van der Waals surface area contributed by atoms with Gasteiger partial charge in [-0.3, -0.25) is 4.79 Å². The number of fused-ring (bicyclic) bond motifs is 1. The highest BCUT2D eigenvalue weighted by Gasteiger charge is 2.18. The fourth-order valence-corrected chi connectivity index (χ4v) is 2.51. The average molecular weight is 269 g/mol. The molecule has 1 amide bonds. The summed E-state index contributed by atoms with van der Waals surface area (Å²) in [4.78, 5) is 12.4. The van der Waals surface area contributed by atoms with Crippen LogP contribution < -0.4 is 5.32 Å². The maximum absolute atomic E-state index is 12.4. The maximum atomic E-state index is 12.4. The third-order valence-electron chi connectivity index (χ3n) is 3.44. The Morgan fingerprint density at radius 3 is 2.70 bits per heavy atom. The molecule has 0 aliphatic carbocycles. The lowest BCUT2D eigenvalue weighted by atomic mass is 10.1. The minimum atomic E-state index is -0.186. The first-order valence-electron chi connectivity index (χ1n) is 6.36. The van der Waals surface area contributed by atoms with Gasteiger partial charge in [-0.2, -0.15) is 0 Å². The van der Waals surface area contributed by atoms with Crippen LogP contribution in [0.15, 0.2) is 34.9 Å². The van der Waals surface area contributed by atoms with Crippen molar-refractivity contribution in [2.75, 3.05) is 5.32 Å². The summed E-state index contributed by atoms with van der Waals surface area (Å²) in [6.07, 6.45) is 0. The zero-order valence-corrected chi connectivity index (χ0v) is 11.6. The number of nitrogens with zero attached hydrogens (tertiary/aromatic N) is 2. The summed E-state index contributed by atoms with van der Waals surface area (Å²) in [5.41, 5.74) is 2.62. The first-order chi connectivity index (χ1) is 9.58. The number of aromatic nitrogens is 2. The molecule has 20 heavy (non-hydrogen) atoms. The molecule has 5 nitrogen and oxygen atoms in total. The third kappa shape index (κ3) is 1.87. The van der Waals surface area contributed by atoms with Gasteiger partial charge < -0.3 is 14.4 Å². The first-order valence-corrected chi connectivity index (χ1v) is 6.36. The third-order valence-corrected chi connectivity index (χ3v) is 3.44. The van der Waals surface area contributed by atoms with Crippen molar-refractivity contribution in [1.82, 2.24) is 9.72 Å². The van der Waals surface area contributed by atoms with Crippen LogP contribution in [-0.2, 0) is 7.05 Å². The molecule has 0 unspecified atom stereocenters. The maximum Gasteiger partial charge on any atom is 0.273 e. The Labute approximate surface area is 116 Å². The predicted molar refractivity (Wildman–Crippen MR) is 76.8 cm³/mol. The van der Waals surface area contributed by atoms with Crippen LogP contribution in [0.1, 0.15) is 21.8 Å². The van der Waals surface area contributed by atoms with Gasteiger partial charge in [0, 0.05) is 24.0 Å². The van der Waals surface area contributed by atoms with E-state index in [2.05, 4.69) is 10.5 Å². The summed E-state index contributed by atoms with van der Waals surface area (Å²) in [5, 5.41) is 7.62. The minimum Gasteiger partial charge on any atom is -0.360 e. The standard InChI is InChI=1S/C15H15N3O2/c1-9-8-13(17-20-9)16-15(19)14-10(2)11-6-4-5-7-12(11)18(14)3/h4-8H,1-3H3,(H,16,17,19). The summed E-state index contributed by atoms with van der Waals surface area (Å²) in [6, 6.07) is 9.64. The summed E-state index contributed by atoms with van der Waals surface area (Å²) in [7, 11) is 1.89. The van der Waals surface area contributed by atoms with Crippen molar-refractivity contribution < 1.29 is 9.32 Å². The number of nitrogens with one attached hydrogen (secondary N) is 1. The van der Waals surface area contributed by atoms with Crippen molar-refractivity contribution in [2.45, 2.75) is 13.8 Å². The molecule has 0 radical (unpaired) electrons. The number of carbonyl (C=O) groups is 1. The first kappa shape index (κ1) is 12.5. The lowest BCUT2D eigenvalue weighted by molar-refractivity contribution is 0.101. The second-order valence-corrected chi connectivity index (χ2v) is 4.83. The fourth-order valence-electron chi connectivity index (χ4n) is 2.51. The molecular weight excluding hydrogens is 254 g/mol. The number of aryl methyl sites for hydroxylation is 3. The molecule has 0 aliphatic rings. The van der Waals surface area contributed by atoms with Gasteiger partial charge in [0.05, 0.1) is 0 Å². The number of hydrogen-bond acceptors (Lipinski definition) is 3. The van der Waals surface area contributed by atoms with Crippen LogP contribution in [0.4, 0.5) is 5.82 Å². The molecule has 0 fully saturated rings. The Bertz CT molecular complexity index is 760. The SMILES string of the molecule is Cc1cc(NC(=O)c2c(C)c3ccccc3n2C)no1. The lowest BCUT2D eigenvalue weighted by Crippen LogP contribution is -2.16. The van der Waals surface area contributed by atoms with Gasteiger partial charge >= 0.3 is 0 Å². The molecule has 0 aliphatic heterocycles. The monoisotopic (exact) mass is 269 g/mol. The van der Waals surface area contributed by atoms with Gasteiger partial charge in [-0.05, 0) is 25.5 Å². The average Bonchev–Trinajstić information content (AvgIpc) is 2.93. The molecule has 3 aromatic rings. The number of carbonyl (C=O) groups excluding carboxylic acids is 1. The molecule has 2 aromatic heterocycles. The topological polar surface area (TPSA) is 60.1 Å². The van der Waals surface area contributed by atoms with Crippen LogP contribution in [-0.4, -0.2) is 15.6 Å². The number of hydrogen-bond donors (Lipinski definition) is 1. The summed E-state index contributed by atoms with van der Waals surface area (Å²) in [5.74, 6) is 0.903.